The van der Waals surface area contributed by atoms with Gasteiger partial charge in [0.25, 0.3) is 5.56 Å². The third-order valence-electron chi connectivity index (χ3n) is 4.43. The Labute approximate surface area is 180 Å². The minimum absolute atomic E-state index is 0.0439. The Bertz CT molecular complexity index is 1210. The minimum atomic E-state index is -2.89. The van der Waals surface area contributed by atoms with Crippen molar-refractivity contribution >= 4 is 28.7 Å². The zero-order valence-electron chi connectivity index (χ0n) is 16.2. The number of pyridine rings is 1. The maximum absolute atomic E-state index is 13.2. The van der Waals surface area contributed by atoms with Crippen molar-refractivity contribution in [3.8, 4) is 16.2 Å². The van der Waals surface area contributed by atoms with Crippen LogP contribution in [0.25, 0.3) is 10.4 Å². The third kappa shape index (κ3) is 4.89. The van der Waals surface area contributed by atoms with Gasteiger partial charge in [-0.15, -0.1) is 0 Å². The lowest BCUT2D eigenvalue weighted by atomic mass is 10.1. The molecule has 9 heteroatoms. The zero-order chi connectivity index (χ0) is 21.8. The Morgan fingerprint density at radius 2 is 1.81 bits per heavy atom. The molecule has 0 aliphatic rings. The van der Waals surface area contributed by atoms with Gasteiger partial charge in [-0.2, -0.15) is 8.78 Å². The zero-order valence-corrected chi connectivity index (χ0v) is 17.0. The van der Waals surface area contributed by atoms with E-state index in [0.717, 1.165) is 16.0 Å². The first kappa shape index (κ1) is 20.5. The lowest BCUT2D eigenvalue weighted by Crippen LogP contribution is -2.16. The molecule has 0 aliphatic carbocycles. The summed E-state index contributed by atoms with van der Waals surface area (Å²) >= 11 is 1.33. The number of ether oxygens (including phenoxy) is 1. The topological polar surface area (TPSA) is 82.2 Å². The first-order chi connectivity index (χ1) is 15.0. The van der Waals surface area contributed by atoms with Gasteiger partial charge >= 0.3 is 6.61 Å². The second kappa shape index (κ2) is 8.97. The summed E-state index contributed by atoms with van der Waals surface area (Å²) in [5.41, 5.74) is 8.16. The normalized spacial score (nSPS) is 10.9. The maximum atomic E-state index is 13.2. The number of hydrogen-bond acceptors (Lipinski definition) is 6. The molecule has 0 fully saturated rings. The summed E-state index contributed by atoms with van der Waals surface area (Å²) < 4.78 is 30.8. The average molecular weight is 440 g/mol. The number of rotatable bonds is 7. The fraction of sp³-hybridized carbons (Fsp3) is 0.0909. The van der Waals surface area contributed by atoms with Gasteiger partial charge in [0.15, 0.2) is 0 Å². The van der Waals surface area contributed by atoms with E-state index in [2.05, 4.69) is 15.0 Å². The van der Waals surface area contributed by atoms with E-state index in [-0.39, 0.29) is 11.3 Å². The number of benzene rings is 2. The molecule has 0 spiro atoms. The van der Waals surface area contributed by atoms with Crippen LogP contribution in [0.1, 0.15) is 5.56 Å². The second-order valence-electron chi connectivity index (χ2n) is 6.62. The lowest BCUT2D eigenvalue weighted by Gasteiger charge is -2.08. The van der Waals surface area contributed by atoms with E-state index in [9.17, 15) is 13.6 Å². The molecule has 0 amide bonds. The number of alkyl halides is 2. The summed E-state index contributed by atoms with van der Waals surface area (Å²) in [7, 11) is 0. The molecule has 0 atom stereocenters. The van der Waals surface area contributed by atoms with Crippen LogP contribution in [0.15, 0.2) is 77.7 Å². The minimum Gasteiger partial charge on any atom is -0.435 e. The van der Waals surface area contributed by atoms with Crippen molar-refractivity contribution in [3.05, 3.63) is 88.8 Å². The molecule has 4 rings (SSSR count). The fourth-order valence-corrected chi connectivity index (χ4v) is 4.06. The van der Waals surface area contributed by atoms with Crippen molar-refractivity contribution in [1.29, 1.82) is 0 Å². The number of nitrogens with zero attached hydrogens (tertiary/aromatic N) is 2. The second-order valence-corrected chi connectivity index (χ2v) is 7.65. The molecule has 2 aromatic heterocycles. The van der Waals surface area contributed by atoms with Gasteiger partial charge in [0.2, 0.25) is 0 Å². The van der Waals surface area contributed by atoms with E-state index in [4.69, 9.17) is 5.73 Å². The van der Waals surface area contributed by atoms with Crippen molar-refractivity contribution in [2.45, 2.75) is 13.2 Å². The van der Waals surface area contributed by atoms with Gasteiger partial charge in [-0.25, -0.2) is 4.98 Å². The molecule has 0 bridgehead atoms. The fourth-order valence-electron chi connectivity index (χ4n) is 2.98. The standard InChI is InChI=1S/C22H18F2N4O2S/c23-22(24)30-17-9-7-16(8-10-17)27-19-20(15-4-2-1-3-5-15)31-28(21(19)29)13-14-6-11-18(25)26-12-14/h1-12,22,27H,13H2,(H2,25,26). The number of nitrogens with one attached hydrogen (secondary N) is 1. The van der Waals surface area contributed by atoms with E-state index < -0.39 is 6.61 Å². The van der Waals surface area contributed by atoms with Crippen LogP contribution in [-0.4, -0.2) is 15.6 Å². The maximum Gasteiger partial charge on any atom is 0.387 e. The highest BCUT2D eigenvalue weighted by Crippen LogP contribution is 2.33. The average Bonchev–Trinajstić information content (AvgIpc) is 3.07. The van der Waals surface area contributed by atoms with E-state index >= 15 is 0 Å². The van der Waals surface area contributed by atoms with Crippen LogP contribution in [0, 0.1) is 0 Å². The van der Waals surface area contributed by atoms with Crippen molar-refractivity contribution < 1.29 is 13.5 Å². The number of nitrogens with two attached hydrogens (primary N) is 1. The number of hydrogen-bond donors (Lipinski definition) is 2. The number of aromatic nitrogens is 2. The van der Waals surface area contributed by atoms with E-state index in [1.807, 2.05) is 36.4 Å². The first-order valence-corrected chi connectivity index (χ1v) is 10.1. The van der Waals surface area contributed by atoms with Gasteiger partial charge in [0.05, 0.1) is 11.4 Å². The number of nitrogen functional groups attached to an aromatic ring is 1. The van der Waals surface area contributed by atoms with Crippen LogP contribution >= 0.6 is 11.5 Å². The summed E-state index contributed by atoms with van der Waals surface area (Å²) in [6.45, 7) is -2.55. The Balaban J connectivity index is 1.68. The van der Waals surface area contributed by atoms with Crippen LogP contribution < -0.4 is 21.3 Å². The van der Waals surface area contributed by atoms with Crippen molar-refractivity contribution in [1.82, 2.24) is 8.94 Å². The Morgan fingerprint density at radius 1 is 1.06 bits per heavy atom. The van der Waals surface area contributed by atoms with Gasteiger partial charge in [0.1, 0.15) is 17.3 Å². The lowest BCUT2D eigenvalue weighted by molar-refractivity contribution is -0.0498. The van der Waals surface area contributed by atoms with Gasteiger partial charge in [0, 0.05) is 11.9 Å². The largest absolute Gasteiger partial charge is 0.435 e. The highest BCUT2D eigenvalue weighted by molar-refractivity contribution is 7.10. The summed E-state index contributed by atoms with van der Waals surface area (Å²) in [5.74, 6) is 0.455. The molecule has 3 N–H and O–H groups in total. The molecule has 0 saturated carbocycles. The molecule has 0 unspecified atom stereocenters. The van der Waals surface area contributed by atoms with Crippen LogP contribution in [0.2, 0.25) is 0 Å². The Morgan fingerprint density at radius 3 is 2.45 bits per heavy atom. The molecule has 0 saturated heterocycles. The van der Waals surface area contributed by atoms with Gasteiger partial charge in [-0.1, -0.05) is 47.9 Å². The highest BCUT2D eigenvalue weighted by Gasteiger charge is 2.17. The van der Waals surface area contributed by atoms with Crippen molar-refractivity contribution in [3.63, 3.8) is 0 Å². The molecule has 2 aromatic carbocycles. The SMILES string of the molecule is Nc1ccc(Cn2sc(-c3ccccc3)c(Nc3ccc(OC(F)F)cc3)c2=O)cn1. The molecular formula is C22H18F2N4O2S. The van der Waals surface area contributed by atoms with Gasteiger partial charge in [-0.3, -0.25) is 8.75 Å². The third-order valence-corrected chi connectivity index (χ3v) is 5.57. The van der Waals surface area contributed by atoms with Crippen molar-refractivity contribution in [2.24, 2.45) is 0 Å². The number of halogens is 2. The molecule has 6 nitrogen and oxygen atoms in total. The molecule has 0 radical (unpaired) electrons. The molecule has 0 aliphatic heterocycles. The van der Waals surface area contributed by atoms with Crippen LogP contribution in [0.3, 0.4) is 0 Å². The molecule has 158 valence electrons. The Hall–Kier alpha value is -3.72. The van der Waals surface area contributed by atoms with E-state index in [1.165, 1.54) is 23.7 Å². The molecule has 2 heterocycles. The summed E-state index contributed by atoms with van der Waals surface area (Å²) in [4.78, 5) is 18.0. The van der Waals surface area contributed by atoms with E-state index in [0.29, 0.717) is 23.7 Å². The number of anilines is 3. The first-order valence-electron chi connectivity index (χ1n) is 9.31. The molecule has 4 aromatic rings. The van der Waals surface area contributed by atoms with Gasteiger partial charge in [-0.05, 0) is 41.5 Å². The molecular weight excluding hydrogens is 422 g/mol. The predicted octanol–water partition coefficient (Wildman–Crippen LogP) is 4.95. The molecule has 31 heavy (non-hydrogen) atoms. The highest BCUT2D eigenvalue weighted by atomic mass is 32.1. The van der Waals surface area contributed by atoms with Crippen LogP contribution in [0.5, 0.6) is 5.75 Å². The van der Waals surface area contributed by atoms with Crippen LogP contribution in [-0.2, 0) is 6.54 Å². The summed E-state index contributed by atoms with van der Waals surface area (Å²) in [6.07, 6.45) is 1.64. The van der Waals surface area contributed by atoms with Crippen LogP contribution in [0.4, 0.5) is 26.0 Å². The Kier molecular flexibility index (Phi) is 5.94. The summed E-state index contributed by atoms with van der Waals surface area (Å²) in [6, 6.07) is 19.1. The quantitative estimate of drug-likeness (QED) is 0.425. The predicted molar refractivity (Wildman–Crippen MR) is 118 cm³/mol. The van der Waals surface area contributed by atoms with E-state index in [1.54, 1.807) is 28.4 Å². The summed E-state index contributed by atoms with van der Waals surface area (Å²) in [5, 5.41) is 3.13. The van der Waals surface area contributed by atoms with Crippen molar-refractivity contribution in [2.75, 3.05) is 11.1 Å². The smallest absolute Gasteiger partial charge is 0.387 e. The van der Waals surface area contributed by atoms with Gasteiger partial charge < -0.3 is 15.8 Å². The monoisotopic (exact) mass is 440 g/mol.